The van der Waals surface area contributed by atoms with Crippen LogP contribution in [0.5, 0.6) is 0 Å². The van der Waals surface area contributed by atoms with E-state index in [1.807, 2.05) is 6.92 Å². The van der Waals surface area contributed by atoms with Gasteiger partial charge in [-0.3, -0.25) is 0 Å². The molecule has 108 valence electrons. The lowest BCUT2D eigenvalue weighted by Gasteiger charge is -2.07. The number of nitrogens with zero attached hydrogens (tertiary/aromatic N) is 1. The molecule has 0 saturated heterocycles. The summed E-state index contributed by atoms with van der Waals surface area (Å²) in [5.41, 5.74) is -0.716. The Labute approximate surface area is 114 Å². The second-order valence-corrected chi connectivity index (χ2v) is 4.79. The van der Waals surface area contributed by atoms with Gasteiger partial charge in [-0.15, -0.1) is 11.8 Å². The van der Waals surface area contributed by atoms with Crippen LogP contribution in [0.4, 0.5) is 13.2 Å². The summed E-state index contributed by atoms with van der Waals surface area (Å²) in [6.45, 7) is 4.84. The van der Waals surface area contributed by atoms with Crippen LogP contribution >= 0.6 is 11.8 Å². The van der Waals surface area contributed by atoms with Gasteiger partial charge in [0.1, 0.15) is 0 Å². The third-order valence-electron chi connectivity index (χ3n) is 2.22. The molecule has 0 radical (unpaired) electrons. The molecule has 1 aromatic rings. The molecule has 0 amide bonds. The standard InChI is InChI=1S/C12H17F3N2OS/c1-2-18-7-5-16-6-8-19-11-4-3-10(9-17-11)12(13,14)15/h3-4,9,16H,2,5-8H2,1H3. The molecule has 1 aromatic heterocycles. The van der Waals surface area contributed by atoms with Crippen molar-refractivity contribution in [1.82, 2.24) is 10.3 Å². The Morgan fingerprint density at radius 2 is 2.11 bits per heavy atom. The van der Waals surface area contributed by atoms with Gasteiger partial charge in [-0.05, 0) is 19.1 Å². The van der Waals surface area contributed by atoms with Crippen LogP contribution in [0, 0.1) is 0 Å². The predicted molar refractivity (Wildman–Crippen MR) is 69.3 cm³/mol. The first-order valence-electron chi connectivity index (χ1n) is 5.98. The zero-order valence-corrected chi connectivity index (χ0v) is 11.5. The zero-order chi connectivity index (χ0) is 14.1. The lowest BCUT2D eigenvalue weighted by Crippen LogP contribution is -2.22. The van der Waals surface area contributed by atoms with E-state index in [-0.39, 0.29) is 0 Å². The molecular formula is C12H17F3N2OS. The predicted octanol–water partition coefficient (Wildman–Crippen LogP) is 2.82. The van der Waals surface area contributed by atoms with E-state index in [9.17, 15) is 13.2 Å². The number of thioether (sulfide) groups is 1. The van der Waals surface area contributed by atoms with Gasteiger partial charge in [-0.25, -0.2) is 4.98 Å². The second-order valence-electron chi connectivity index (χ2n) is 3.68. The smallest absolute Gasteiger partial charge is 0.380 e. The van der Waals surface area contributed by atoms with Crippen molar-refractivity contribution < 1.29 is 17.9 Å². The Balaban J connectivity index is 2.20. The first-order valence-corrected chi connectivity index (χ1v) is 6.97. The van der Waals surface area contributed by atoms with Crippen LogP contribution in [0.25, 0.3) is 0 Å². The van der Waals surface area contributed by atoms with Crippen LogP contribution in [0.1, 0.15) is 12.5 Å². The van der Waals surface area contributed by atoms with Crippen LogP contribution in [0.2, 0.25) is 0 Å². The topological polar surface area (TPSA) is 34.1 Å². The summed E-state index contributed by atoms with van der Waals surface area (Å²) in [7, 11) is 0. The average molecular weight is 294 g/mol. The van der Waals surface area contributed by atoms with Crippen molar-refractivity contribution in [3.05, 3.63) is 23.9 Å². The molecule has 0 aromatic carbocycles. The van der Waals surface area contributed by atoms with Gasteiger partial charge in [0, 0.05) is 31.6 Å². The van der Waals surface area contributed by atoms with Gasteiger partial charge < -0.3 is 10.1 Å². The number of aromatic nitrogens is 1. The lowest BCUT2D eigenvalue weighted by molar-refractivity contribution is -0.137. The third kappa shape index (κ3) is 6.79. The first kappa shape index (κ1) is 16.3. The van der Waals surface area contributed by atoms with E-state index in [1.165, 1.54) is 17.8 Å². The maximum Gasteiger partial charge on any atom is 0.417 e. The largest absolute Gasteiger partial charge is 0.417 e. The molecular weight excluding hydrogens is 277 g/mol. The van der Waals surface area contributed by atoms with E-state index in [0.717, 1.165) is 31.1 Å². The SMILES string of the molecule is CCOCCNCCSc1ccc(C(F)(F)F)cn1. The van der Waals surface area contributed by atoms with E-state index in [0.29, 0.717) is 18.2 Å². The van der Waals surface area contributed by atoms with Crippen LogP contribution in [0.15, 0.2) is 23.4 Å². The number of rotatable bonds is 8. The fraction of sp³-hybridized carbons (Fsp3) is 0.583. The number of alkyl halides is 3. The highest BCUT2D eigenvalue weighted by Gasteiger charge is 2.30. The summed E-state index contributed by atoms with van der Waals surface area (Å²) in [5, 5.41) is 3.77. The Hall–Kier alpha value is -0.790. The summed E-state index contributed by atoms with van der Waals surface area (Å²) in [4.78, 5) is 3.78. The minimum absolute atomic E-state index is 0.597. The monoisotopic (exact) mass is 294 g/mol. The van der Waals surface area contributed by atoms with E-state index in [4.69, 9.17) is 4.74 Å². The molecule has 0 aliphatic carbocycles. The Morgan fingerprint density at radius 1 is 1.32 bits per heavy atom. The van der Waals surface area contributed by atoms with Gasteiger partial charge in [0.15, 0.2) is 0 Å². The third-order valence-corrected chi connectivity index (χ3v) is 3.17. The van der Waals surface area contributed by atoms with Gasteiger partial charge >= 0.3 is 6.18 Å². The highest BCUT2D eigenvalue weighted by Crippen LogP contribution is 2.29. The fourth-order valence-corrected chi connectivity index (χ4v) is 2.02. The maximum absolute atomic E-state index is 12.3. The summed E-state index contributed by atoms with van der Waals surface area (Å²) in [5.74, 6) is 0.754. The van der Waals surface area contributed by atoms with Gasteiger partial charge in [-0.1, -0.05) is 0 Å². The van der Waals surface area contributed by atoms with Crippen molar-refractivity contribution >= 4 is 11.8 Å². The minimum atomic E-state index is -4.32. The molecule has 1 rings (SSSR count). The first-order chi connectivity index (χ1) is 9.04. The molecule has 0 atom stereocenters. The lowest BCUT2D eigenvalue weighted by atomic mass is 10.3. The number of nitrogens with one attached hydrogen (secondary N) is 1. The highest BCUT2D eigenvalue weighted by atomic mass is 32.2. The maximum atomic E-state index is 12.3. The van der Waals surface area contributed by atoms with Crippen LogP contribution in [0.3, 0.4) is 0 Å². The molecule has 0 aliphatic heterocycles. The van der Waals surface area contributed by atoms with Gasteiger partial charge in [0.2, 0.25) is 0 Å². The van der Waals surface area contributed by atoms with Crippen molar-refractivity contribution in [1.29, 1.82) is 0 Å². The van der Waals surface area contributed by atoms with E-state index >= 15 is 0 Å². The van der Waals surface area contributed by atoms with E-state index in [1.54, 1.807) is 0 Å². The van der Waals surface area contributed by atoms with Gasteiger partial charge in [0.05, 0.1) is 17.2 Å². The number of ether oxygens (including phenoxy) is 1. The molecule has 7 heteroatoms. The molecule has 3 nitrogen and oxygen atoms in total. The molecule has 0 saturated carbocycles. The van der Waals surface area contributed by atoms with Crippen molar-refractivity contribution in [3.8, 4) is 0 Å². The van der Waals surface area contributed by atoms with Crippen molar-refractivity contribution in [2.24, 2.45) is 0 Å². The molecule has 1 heterocycles. The van der Waals surface area contributed by atoms with E-state index in [2.05, 4.69) is 10.3 Å². The van der Waals surface area contributed by atoms with Gasteiger partial charge in [0.25, 0.3) is 0 Å². The Bertz CT molecular complexity index is 357. The second kappa shape index (κ2) is 8.39. The normalized spacial score (nSPS) is 11.8. The highest BCUT2D eigenvalue weighted by molar-refractivity contribution is 7.99. The van der Waals surface area contributed by atoms with Crippen LogP contribution in [-0.2, 0) is 10.9 Å². The number of hydrogen-bond acceptors (Lipinski definition) is 4. The van der Waals surface area contributed by atoms with Crippen LogP contribution in [-0.4, -0.2) is 37.0 Å². The van der Waals surface area contributed by atoms with Crippen molar-refractivity contribution in [2.45, 2.75) is 18.1 Å². The zero-order valence-electron chi connectivity index (χ0n) is 10.7. The van der Waals surface area contributed by atoms with Crippen molar-refractivity contribution in [3.63, 3.8) is 0 Å². The number of halogens is 3. The number of hydrogen-bond donors (Lipinski definition) is 1. The molecule has 0 bridgehead atoms. The summed E-state index contributed by atoms with van der Waals surface area (Å²) in [6.07, 6.45) is -3.46. The molecule has 0 aliphatic rings. The fourth-order valence-electron chi connectivity index (χ4n) is 1.27. The van der Waals surface area contributed by atoms with E-state index < -0.39 is 11.7 Å². The summed E-state index contributed by atoms with van der Waals surface area (Å²) < 4.78 is 42.1. The minimum Gasteiger partial charge on any atom is -0.380 e. The van der Waals surface area contributed by atoms with Crippen LogP contribution < -0.4 is 5.32 Å². The molecule has 19 heavy (non-hydrogen) atoms. The Kier molecular flexibility index (Phi) is 7.19. The number of pyridine rings is 1. The van der Waals surface area contributed by atoms with Gasteiger partial charge in [-0.2, -0.15) is 13.2 Å². The molecule has 1 N–H and O–H groups in total. The quantitative estimate of drug-likeness (QED) is 0.590. The Morgan fingerprint density at radius 3 is 2.68 bits per heavy atom. The molecule has 0 unspecified atom stereocenters. The molecule has 0 spiro atoms. The molecule has 0 fully saturated rings. The summed E-state index contributed by atoms with van der Waals surface area (Å²) >= 11 is 1.42. The van der Waals surface area contributed by atoms with Crippen molar-refractivity contribution in [2.75, 3.05) is 32.1 Å². The average Bonchev–Trinajstić information content (AvgIpc) is 2.37. The summed E-state index contributed by atoms with van der Waals surface area (Å²) in [6, 6.07) is 2.45.